The van der Waals surface area contributed by atoms with Gasteiger partial charge in [-0.15, -0.1) is 0 Å². The standard InChI is InChI=1S/C12H15FINO/c1-2-3-11(15-16)8-9-4-6-10(7-5-9)12(13)14/h4-7,11-12H,2-3,8H2,1H3/t11?,12-/m1/s1. The summed E-state index contributed by atoms with van der Waals surface area (Å²) in [5.74, 6) is 0. The highest BCUT2D eigenvalue weighted by Gasteiger charge is 2.09. The van der Waals surface area contributed by atoms with Crippen molar-refractivity contribution >= 4 is 22.6 Å². The van der Waals surface area contributed by atoms with Gasteiger partial charge in [-0.1, -0.05) is 42.8 Å². The number of hydrogen-bond donors (Lipinski definition) is 0. The number of rotatable bonds is 6. The summed E-state index contributed by atoms with van der Waals surface area (Å²) >= 11 is 1.73. The van der Waals surface area contributed by atoms with E-state index in [0.717, 1.165) is 18.4 Å². The first-order valence-electron chi connectivity index (χ1n) is 5.36. The van der Waals surface area contributed by atoms with Crippen molar-refractivity contribution in [1.82, 2.24) is 0 Å². The molecule has 0 N–H and O–H groups in total. The molecule has 4 heteroatoms. The van der Waals surface area contributed by atoms with Crippen LogP contribution in [0.25, 0.3) is 0 Å². The van der Waals surface area contributed by atoms with E-state index >= 15 is 0 Å². The van der Waals surface area contributed by atoms with Gasteiger partial charge in [0.15, 0.2) is 4.18 Å². The molecule has 0 radical (unpaired) electrons. The highest BCUT2D eigenvalue weighted by atomic mass is 127. The van der Waals surface area contributed by atoms with Gasteiger partial charge in [0, 0.05) is 0 Å². The van der Waals surface area contributed by atoms with E-state index in [0.29, 0.717) is 12.0 Å². The first kappa shape index (κ1) is 13.5. The van der Waals surface area contributed by atoms with Gasteiger partial charge in [0.1, 0.15) is 0 Å². The van der Waals surface area contributed by atoms with Crippen molar-refractivity contribution in [3.8, 4) is 0 Å². The molecule has 0 aliphatic heterocycles. The van der Waals surface area contributed by atoms with E-state index < -0.39 is 4.18 Å². The van der Waals surface area contributed by atoms with Gasteiger partial charge in [-0.25, -0.2) is 4.39 Å². The molecule has 0 aromatic heterocycles. The van der Waals surface area contributed by atoms with Crippen LogP contribution >= 0.6 is 22.6 Å². The predicted octanol–water partition coefficient (Wildman–Crippen LogP) is 4.57. The Kier molecular flexibility index (Phi) is 5.87. The molecule has 88 valence electrons. The summed E-state index contributed by atoms with van der Waals surface area (Å²) < 4.78 is 12.0. The molecule has 0 saturated carbocycles. The normalized spacial score (nSPS) is 14.4. The average Bonchev–Trinajstić information content (AvgIpc) is 2.29. The zero-order chi connectivity index (χ0) is 12.0. The minimum atomic E-state index is -0.970. The lowest BCUT2D eigenvalue weighted by atomic mass is 10.0. The number of benzene rings is 1. The van der Waals surface area contributed by atoms with E-state index in [1.807, 2.05) is 19.1 Å². The zero-order valence-corrected chi connectivity index (χ0v) is 11.4. The van der Waals surface area contributed by atoms with Crippen LogP contribution in [0.15, 0.2) is 29.4 Å². The maximum absolute atomic E-state index is 12.9. The van der Waals surface area contributed by atoms with Gasteiger partial charge >= 0.3 is 0 Å². The molecule has 0 aliphatic carbocycles. The fourth-order valence-electron chi connectivity index (χ4n) is 1.60. The van der Waals surface area contributed by atoms with Crippen molar-refractivity contribution in [1.29, 1.82) is 0 Å². The summed E-state index contributed by atoms with van der Waals surface area (Å²) in [4.78, 5) is 10.6. The maximum atomic E-state index is 12.9. The maximum Gasteiger partial charge on any atom is 0.176 e. The highest BCUT2D eigenvalue weighted by Crippen LogP contribution is 2.24. The minimum Gasteiger partial charge on any atom is -0.231 e. The summed E-state index contributed by atoms with van der Waals surface area (Å²) in [5, 5.41) is 3.11. The van der Waals surface area contributed by atoms with Crippen molar-refractivity contribution in [2.75, 3.05) is 0 Å². The molecule has 2 atom stereocenters. The van der Waals surface area contributed by atoms with Crippen LogP contribution in [0.3, 0.4) is 0 Å². The van der Waals surface area contributed by atoms with Crippen molar-refractivity contribution in [3.05, 3.63) is 40.3 Å². The summed E-state index contributed by atoms with van der Waals surface area (Å²) in [6.07, 6.45) is 2.41. The second-order valence-corrected chi connectivity index (χ2v) is 4.89. The van der Waals surface area contributed by atoms with Gasteiger partial charge in [-0.3, -0.25) is 0 Å². The Balaban J connectivity index is 2.63. The fourth-order valence-corrected chi connectivity index (χ4v) is 2.01. The van der Waals surface area contributed by atoms with Crippen molar-refractivity contribution < 1.29 is 4.39 Å². The Hall–Kier alpha value is -0.520. The van der Waals surface area contributed by atoms with E-state index in [4.69, 9.17) is 0 Å². The molecule has 0 spiro atoms. The lowest BCUT2D eigenvalue weighted by molar-refractivity contribution is 0.490. The number of halogens is 2. The molecule has 1 rings (SSSR count). The van der Waals surface area contributed by atoms with Gasteiger partial charge < -0.3 is 0 Å². The molecule has 0 bridgehead atoms. The third kappa shape index (κ3) is 4.15. The summed E-state index contributed by atoms with van der Waals surface area (Å²) in [6.45, 7) is 2.03. The largest absolute Gasteiger partial charge is 0.231 e. The molecular weight excluding hydrogens is 320 g/mol. The van der Waals surface area contributed by atoms with Crippen LogP contribution in [0, 0.1) is 4.91 Å². The Bertz CT molecular complexity index is 326. The smallest absolute Gasteiger partial charge is 0.176 e. The molecule has 0 saturated heterocycles. The van der Waals surface area contributed by atoms with E-state index in [2.05, 4.69) is 5.18 Å². The molecule has 0 amide bonds. The molecule has 0 aliphatic rings. The molecule has 1 aromatic carbocycles. The van der Waals surface area contributed by atoms with Gasteiger partial charge in [-0.05, 0) is 46.6 Å². The lowest BCUT2D eigenvalue weighted by Gasteiger charge is -2.08. The van der Waals surface area contributed by atoms with E-state index in [1.165, 1.54) is 0 Å². The topological polar surface area (TPSA) is 29.4 Å². The van der Waals surface area contributed by atoms with Gasteiger partial charge in [-0.2, -0.15) is 4.91 Å². The predicted molar refractivity (Wildman–Crippen MR) is 72.5 cm³/mol. The number of nitrogens with zero attached hydrogens (tertiary/aromatic N) is 1. The second-order valence-electron chi connectivity index (χ2n) is 3.79. The van der Waals surface area contributed by atoms with Crippen LogP contribution < -0.4 is 0 Å². The minimum absolute atomic E-state index is 0.156. The molecule has 0 heterocycles. The average molecular weight is 335 g/mol. The summed E-state index contributed by atoms with van der Waals surface area (Å²) in [7, 11) is 0. The highest BCUT2D eigenvalue weighted by molar-refractivity contribution is 14.1. The number of alkyl halides is 2. The Labute approximate surface area is 109 Å². The van der Waals surface area contributed by atoms with Gasteiger partial charge in [0.05, 0.1) is 6.04 Å². The fraction of sp³-hybridized carbons (Fsp3) is 0.500. The molecule has 16 heavy (non-hydrogen) atoms. The monoisotopic (exact) mass is 335 g/mol. The lowest BCUT2D eigenvalue weighted by Crippen LogP contribution is -2.07. The number of nitroso groups, excluding NO2 is 1. The Morgan fingerprint density at radius 2 is 2.00 bits per heavy atom. The van der Waals surface area contributed by atoms with Crippen LogP contribution in [-0.4, -0.2) is 6.04 Å². The summed E-state index contributed by atoms with van der Waals surface area (Å²) in [5.41, 5.74) is 1.70. The van der Waals surface area contributed by atoms with Crippen LogP contribution in [0.5, 0.6) is 0 Å². The van der Waals surface area contributed by atoms with Crippen LogP contribution in [-0.2, 0) is 6.42 Å². The molecule has 0 fully saturated rings. The van der Waals surface area contributed by atoms with Crippen LogP contribution in [0.2, 0.25) is 0 Å². The van der Waals surface area contributed by atoms with Gasteiger partial charge in [0.25, 0.3) is 0 Å². The van der Waals surface area contributed by atoms with Crippen LogP contribution in [0.1, 0.15) is 35.1 Å². The van der Waals surface area contributed by atoms with Gasteiger partial charge in [0.2, 0.25) is 0 Å². The van der Waals surface area contributed by atoms with Crippen molar-refractivity contribution in [2.45, 2.75) is 36.4 Å². The Morgan fingerprint density at radius 3 is 2.44 bits per heavy atom. The summed E-state index contributed by atoms with van der Waals surface area (Å²) in [6, 6.07) is 7.11. The van der Waals surface area contributed by atoms with E-state index in [9.17, 15) is 9.30 Å². The molecular formula is C12H15FINO. The quantitative estimate of drug-likeness (QED) is 0.425. The first-order chi connectivity index (χ1) is 7.67. The molecule has 1 aromatic rings. The van der Waals surface area contributed by atoms with E-state index in [1.54, 1.807) is 34.7 Å². The number of hydrogen-bond acceptors (Lipinski definition) is 2. The Morgan fingerprint density at radius 1 is 1.38 bits per heavy atom. The second kappa shape index (κ2) is 6.93. The third-order valence-corrected chi connectivity index (χ3v) is 3.19. The third-order valence-electron chi connectivity index (χ3n) is 2.47. The van der Waals surface area contributed by atoms with Crippen LogP contribution in [0.4, 0.5) is 4.39 Å². The SMILES string of the molecule is CCCC(Cc1ccc([C@H](F)I)cc1)N=O. The molecule has 1 unspecified atom stereocenters. The van der Waals surface area contributed by atoms with E-state index in [-0.39, 0.29) is 6.04 Å². The molecule has 2 nitrogen and oxygen atoms in total. The first-order valence-corrected chi connectivity index (χ1v) is 6.61. The van der Waals surface area contributed by atoms with Crippen molar-refractivity contribution in [2.24, 2.45) is 5.18 Å². The van der Waals surface area contributed by atoms with Crippen molar-refractivity contribution in [3.63, 3.8) is 0 Å². The zero-order valence-electron chi connectivity index (χ0n) is 9.20.